The monoisotopic (exact) mass is 361 g/mol. The van der Waals surface area contributed by atoms with Crippen LogP contribution >= 0.6 is 0 Å². The summed E-state index contributed by atoms with van der Waals surface area (Å²) < 4.78 is 35.3. The van der Waals surface area contributed by atoms with Gasteiger partial charge in [0.1, 0.15) is 0 Å². The lowest BCUT2D eigenvalue weighted by Crippen LogP contribution is -2.15. The van der Waals surface area contributed by atoms with E-state index >= 15 is 0 Å². The molecule has 134 valence electrons. The molecule has 1 N–H and O–H groups in total. The molecule has 1 aromatic heterocycles. The fourth-order valence-electron chi connectivity index (χ4n) is 3.60. The van der Waals surface area contributed by atoms with Crippen LogP contribution in [0.5, 0.6) is 0 Å². The van der Waals surface area contributed by atoms with Gasteiger partial charge in [-0.3, -0.25) is 9.40 Å². The first kappa shape index (κ1) is 16.6. The number of hydrogen-bond donors (Lipinski definition) is 1. The van der Waals surface area contributed by atoms with Gasteiger partial charge in [-0.05, 0) is 61.8 Å². The maximum Gasteiger partial charge on any atom is 0.262 e. The third-order valence-corrected chi connectivity index (χ3v) is 6.31. The Morgan fingerprint density at radius 1 is 1.20 bits per heavy atom. The summed E-state index contributed by atoms with van der Waals surface area (Å²) in [6.45, 7) is 1.45. The van der Waals surface area contributed by atoms with Crippen LogP contribution in [-0.4, -0.2) is 30.9 Å². The van der Waals surface area contributed by atoms with Crippen molar-refractivity contribution in [3.63, 3.8) is 0 Å². The van der Waals surface area contributed by atoms with Crippen molar-refractivity contribution in [2.45, 2.75) is 56.1 Å². The first-order valence-corrected chi connectivity index (χ1v) is 10.4. The molecule has 6 nitrogen and oxygen atoms in total. The van der Waals surface area contributed by atoms with E-state index in [9.17, 15) is 8.42 Å². The molecule has 1 aliphatic carbocycles. The van der Waals surface area contributed by atoms with Crippen LogP contribution in [0.1, 0.15) is 36.8 Å². The molecular formula is C18H23N3O3S. The van der Waals surface area contributed by atoms with E-state index in [0.717, 1.165) is 44.3 Å². The maximum absolute atomic E-state index is 12.7. The van der Waals surface area contributed by atoms with Crippen molar-refractivity contribution in [1.29, 1.82) is 0 Å². The van der Waals surface area contributed by atoms with Gasteiger partial charge in [-0.15, -0.1) is 0 Å². The van der Waals surface area contributed by atoms with Gasteiger partial charge in [0.25, 0.3) is 10.0 Å². The van der Waals surface area contributed by atoms with E-state index in [2.05, 4.69) is 9.82 Å². The summed E-state index contributed by atoms with van der Waals surface area (Å²) in [6.07, 6.45) is 9.84. The zero-order valence-corrected chi connectivity index (χ0v) is 15.0. The van der Waals surface area contributed by atoms with Crippen molar-refractivity contribution in [3.05, 3.63) is 41.7 Å². The average Bonchev–Trinajstić information content (AvgIpc) is 3.27. The molecule has 1 aliphatic heterocycles. The Balaban J connectivity index is 1.48. The number of anilines is 1. The van der Waals surface area contributed by atoms with Crippen LogP contribution in [0, 0.1) is 0 Å². The number of rotatable bonds is 5. The number of nitrogens with zero attached hydrogens (tertiary/aromatic N) is 2. The maximum atomic E-state index is 12.7. The molecule has 0 radical (unpaired) electrons. The molecule has 1 aromatic carbocycles. The lowest BCUT2D eigenvalue weighted by molar-refractivity contribution is 0.0940. The highest BCUT2D eigenvalue weighted by atomic mass is 32.2. The first-order chi connectivity index (χ1) is 12.1. The molecule has 0 spiro atoms. The number of hydrogen-bond acceptors (Lipinski definition) is 4. The standard InChI is InChI=1S/C18H23N3O3S/c22-25(23,18-8-7-14-4-1-2-5-15(14)10-18)20-16-11-19-21(12-16)13-17-6-3-9-24-17/h7-8,10-12,17,20H,1-6,9,13H2. The summed E-state index contributed by atoms with van der Waals surface area (Å²) in [6, 6.07) is 5.46. The van der Waals surface area contributed by atoms with Gasteiger partial charge >= 0.3 is 0 Å². The van der Waals surface area contributed by atoms with Crippen LogP contribution < -0.4 is 4.72 Å². The summed E-state index contributed by atoms with van der Waals surface area (Å²) in [5.41, 5.74) is 2.91. The Bertz CT molecular complexity index is 854. The van der Waals surface area contributed by atoms with Crippen LogP contribution in [-0.2, 0) is 34.1 Å². The van der Waals surface area contributed by atoms with Crippen molar-refractivity contribution in [3.8, 4) is 0 Å². The van der Waals surface area contributed by atoms with E-state index in [0.29, 0.717) is 17.1 Å². The Morgan fingerprint density at radius 3 is 2.84 bits per heavy atom. The number of aromatic nitrogens is 2. The molecule has 0 bridgehead atoms. The van der Waals surface area contributed by atoms with E-state index in [4.69, 9.17) is 4.74 Å². The molecule has 4 rings (SSSR count). The molecule has 25 heavy (non-hydrogen) atoms. The van der Waals surface area contributed by atoms with E-state index in [1.54, 1.807) is 23.1 Å². The quantitative estimate of drug-likeness (QED) is 0.889. The zero-order chi connectivity index (χ0) is 17.3. The third kappa shape index (κ3) is 3.72. The number of aryl methyl sites for hydroxylation is 2. The van der Waals surface area contributed by atoms with Gasteiger partial charge in [0.05, 0.1) is 29.4 Å². The van der Waals surface area contributed by atoms with Crippen molar-refractivity contribution in [2.75, 3.05) is 11.3 Å². The predicted octanol–water partition coefficient (Wildman–Crippen LogP) is 2.74. The molecule has 1 atom stereocenters. The highest BCUT2D eigenvalue weighted by molar-refractivity contribution is 7.92. The van der Waals surface area contributed by atoms with Crippen LogP contribution in [0.25, 0.3) is 0 Å². The second kappa shape index (κ2) is 6.80. The Labute approximate surface area is 148 Å². The summed E-state index contributed by atoms with van der Waals surface area (Å²) in [5.74, 6) is 0. The van der Waals surface area contributed by atoms with Crippen molar-refractivity contribution >= 4 is 15.7 Å². The molecule has 1 unspecified atom stereocenters. The van der Waals surface area contributed by atoms with E-state index in [1.807, 2.05) is 12.1 Å². The predicted molar refractivity (Wildman–Crippen MR) is 95.1 cm³/mol. The Hall–Kier alpha value is -1.86. The summed E-state index contributed by atoms with van der Waals surface area (Å²) in [5, 5.41) is 4.24. The lowest BCUT2D eigenvalue weighted by Gasteiger charge is -2.16. The second-order valence-corrected chi connectivity index (χ2v) is 8.51. The largest absolute Gasteiger partial charge is 0.376 e. The van der Waals surface area contributed by atoms with Gasteiger partial charge < -0.3 is 4.74 Å². The molecule has 1 saturated heterocycles. The summed E-state index contributed by atoms with van der Waals surface area (Å²) in [4.78, 5) is 0.319. The van der Waals surface area contributed by atoms with Gasteiger partial charge in [0.2, 0.25) is 0 Å². The summed E-state index contributed by atoms with van der Waals surface area (Å²) >= 11 is 0. The van der Waals surface area contributed by atoms with Gasteiger partial charge in [-0.1, -0.05) is 6.07 Å². The van der Waals surface area contributed by atoms with Crippen LogP contribution in [0.3, 0.4) is 0 Å². The van der Waals surface area contributed by atoms with Crippen molar-refractivity contribution < 1.29 is 13.2 Å². The van der Waals surface area contributed by atoms with Crippen molar-refractivity contribution in [2.24, 2.45) is 0 Å². The van der Waals surface area contributed by atoms with Crippen LogP contribution in [0.2, 0.25) is 0 Å². The third-order valence-electron chi connectivity index (χ3n) is 4.93. The Morgan fingerprint density at radius 2 is 2.04 bits per heavy atom. The fraction of sp³-hybridized carbons (Fsp3) is 0.500. The molecule has 1 fully saturated rings. The number of nitrogens with one attached hydrogen (secondary N) is 1. The fourth-order valence-corrected chi connectivity index (χ4v) is 4.68. The second-order valence-electron chi connectivity index (χ2n) is 6.83. The highest BCUT2D eigenvalue weighted by Crippen LogP contribution is 2.25. The average molecular weight is 361 g/mol. The summed E-state index contributed by atoms with van der Waals surface area (Å²) in [7, 11) is -3.60. The smallest absolute Gasteiger partial charge is 0.262 e. The van der Waals surface area contributed by atoms with E-state index in [-0.39, 0.29) is 6.10 Å². The number of benzene rings is 1. The topological polar surface area (TPSA) is 73.2 Å². The molecule has 2 aromatic rings. The Kier molecular flexibility index (Phi) is 4.52. The minimum Gasteiger partial charge on any atom is -0.376 e. The minimum atomic E-state index is -3.60. The van der Waals surface area contributed by atoms with Gasteiger partial charge in [-0.2, -0.15) is 5.10 Å². The first-order valence-electron chi connectivity index (χ1n) is 8.89. The molecular weight excluding hydrogens is 338 g/mol. The van der Waals surface area contributed by atoms with Gasteiger partial charge in [0.15, 0.2) is 0 Å². The van der Waals surface area contributed by atoms with Crippen LogP contribution in [0.15, 0.2) is 35.5 Å². The molecule has 0 amide bonds. The molecule has 2 aliphatic rings. The zero-order valence-electron chi connectivity index (χ0n) is 14.1. The highest BCUT2D eigenvalue weighted by Gasteiger charge is 2.20. The molecule has 2 heterocycles. The van der Waals surface area contributed by atoms with Gasteiger partial charge in [0, 0.05) is 12.8 Å². The normalized spacial score (nSPS) is 20.4. The number of ether oxygens (including phenoxy) is 1. The van der Waals surface area contributed by atoms with E-state index in [1.165, 1.54) is 12.0 Å². The lowest BCUT2D eigenvalue weighted by atomic mass is 9.92. The SMILES string of the molecule is O=S(=O)(Nc1cnn(CC2CCCO2)c1)c1ccc2c(c1)CCCC2. The van der Waals surface area contributed by atoms with E-state index < -0.39 is 10.0 Å². The van der Waals surface area contributed by atoms with Crippen molar-refractivity contribution in [1.82, 2.24) is 9.78 Å². The number of sulfonamides is 1. The molecule has 7 heteroatoms. The van der Waals surface area contributed by atoms with Gasteiger partial charge in [-0.25, -0.2) is 8.42 Å². The minimum absolute atomic E-state index is 0.171. The molecule has 0 saturated carbocycles. The number of fused-ring (bicyclic) bond motifs is 1. The van der Waals surface area contributed by atoms with Crippen LogP contribution in [0.4, 0.5) is 5.69 Å².